The highest BCUT2D eigenvalue weighted by Gasteiger charge is 2.13. The average molecular weight is 280 g/mol. The zero-order valence-electron chi connectivity index (χ0n) is 11.6. The number of hydrogen-bond acceptors (Lipinski definition) is 5. The molecule has 0 radical (unpaired) electrons. The first-order valence-electron chi connectivity index (χ1n) is 6.62. The van der Waals surface area contributed by atoms with Crippen LogP contribution in [0.25, 0.3) is 0 Å². The fourth-order valence-corrected chi connectivity index (χ4v) is 1.88. The number of methoxy groups -OCH3 is 1. The lowest BCUT2D eigenvalue weighted by Gasteiger charge is -2.23. The van der Waals surface area contributed by atoms with Gasteiger partial charge < -0.3 is 24.8 Å². The number of hydrogen-bond donors (Lipinski definition) is 2. The number of amides is 1. The molecule has 1 aliphatic rings. The van der Waals surface area contributed by atoms with Crippen LogP contribution < -0.4 is 15.4 Å². The molecule has 2 rings (SSSR count). The number of ether oxygens (including phenoxy) is 3. The first-order valence-corrected chi connectivity index (χ1v) is 6.62. The van der Waals surface area contributed by atoms with Crippen LogP contribution in [-0.2, 0) is 14.3 Å². The smallest absolute Gasteiger partial charge is 0.250 e. The molecule has 6 heteroatoms. The zero-order valence-corrected chi connectivity index (χ0v) is 11.6. The van der Waals surface area contributed by atoms with E-state index in [-0.39, 0.29) is 18.6 Å². The molecular formula is C14H20N2O4. The van der Waals surface area contributed by atoms with E-state index in [1.807, 2.05) is 0 Å². The molecule has 1 aromatic carbocycles. The van der Waals surface area contributed by atoms with Crippen LogP contribution in [-0.4, -0.2) is 52.0 Å². The summed E-state index contributed by atoms with van der Waals surface area (Å²) in [5, 5.41) is 5.96. The molecule has 20 heavy (non-hydrogen) atoms. The number of carbonyl (C=O) groups is 1. The first kappa shape index (κ1) is 14.8. The van der Waals surface area contributed by atoms with Crippen LogP contribution in [0.3, 0.4) is 0 Å². The van der Waals surface area contributed by atoms with Crippen LogP contribution in [0.4, 0.5) is 5.69 Å². The molecule has 1 fully saturated rings. The molecule has 0 spiro atoms. The summed E-state index contributed by atoms with van der Waals surface area (Å²) in [5.41, 5.74) is 0.718. The lowest BCUT2D eigenvalue weighted by molar-refractivity contribution is -0.122. The molecule has 0 bridgehead atoms. The summed E-state index contributed by atoms with van der Waals surface area (Å²) in [6, 6.07) is 7.14. The third-order valence-corrected chi connectivity index (χ3v) is 2.92. The Morgan fingerprint density at radius 3 is 2.90 bits per heavy atom. The van der Waals surface area contributed by atoms with Crippen molar-refractivity contribution in [2.45, 2.75) is 6.10 Å². The Morgan fingerprint density at radius 2 is 2.25 bits per heavy atom. The van der Waals surface area contributed by atoms with E-state index in [0.717, 1.165) is 24.5 Å². The topological polar surface area (TPSA) is 68.8 Å². The second kappa shape index (κ2) is 7.84. The van der Waals surface area contributed by atoms with Crippen molar-refractivity contribution in [2.24, 2.45) is 0 Å². The van der Waals surface area contributed by atoms with Gasteiger partial charge >= 0.3 is 0 Å². The zero-order chi connectivity index (χ0) is 14.2. The summed E-state index contributed by atoms with van der Waals surface area (Å²) >= 11 is 0. The van der Waals surface area contributed by atoms with Gasteiger partial charge in [0.1, 0.15) is 12.4 Å². The second-order valence-corrected chi connectivity index (χ2v) is 4.49. The Bertz CT molecular complexity index is 416. The molecule has 110 valence electrons. The van der Waals surface area contributed by atoms with E-state index < -0.39 is 0 Å². The summed E-state index contributed by atoms with van der Waals surface area (Å²) in [4.78, 5) is 11.7. The Labute approximate surface area is 118 Å². The van der Waals surface area contributed by atoms with E-state index in [1.165, 1.54) is 0 Å². The number of rotatable bonds is 6. The minimum absolute atomic E-state index is 0.0197. The number of anilines is 1. The highest BCUT2D eigenvalue weighted by Crippen LogP contribution is 2.14. The minimum atomic E-state index is -0.182. The number of benzene rings is 1. The van der Waals surface area contributed by atoms with Crippen LogP contribution in [0, 0.1) is 0 Å². The van der Waals surface area contributed by atoms with Crippen molar-refractivity contribution >= 4 is 11.6 Å². The normalized spacial score (nSPS) is 18.6. The van der Waals surface area contributed by atoms with Gasteiger partial charge in [-0.25, -0.2) is 0 Å². The molecule has 1 unspecified atom stereocenters. The number of carbonyl (C=O) groups excluding carboxylic acids is 1. The number of morpholine rings is 1. The summed E-state index contributed by atoms with van der Waals surface area (Å²) in [6.07, 6.45) is 0.0255. The fraction of sp³-hybridized carbons (Fsp3) is 0.500. The summed E-state index contributed by atoms with van der Waals surface area (Å²) in [6.45, 7) is 2.76. The highest BCUT2D eigenvalue weighted by molar-refractivity contribution is 5.91. The van der Waals surface area contributed by atoms with Crippen LogP contribution >= 0.6 is 0 Å². The van der Waals surface area contributed by atoms with Crippen molar-refractivity contribution in [1.29, 1.82) is 0 Å². The maximum atomic E-state index is 11.7. The lowest BCUT2D eigenvalue weighted by atomic mass is 10.3. The van der Waals surface area contributed by atoms with E-state index in [1.54, 1.807) is 31.4 Å². The van der Waals surface area contributed by atoms with Gasteiger partial charge in [-0.1, -0.05) is 0 Å². The van der Waals surface area contributed by atoms with Crippen molar-refractivity contribution in [3.8, 4) is 5.75 Å². The predicted molar refractivity (Wildman–Crippen MR) is 75.1 cm³/mol. The van der Waals surface area contributed by atoms with Crippen LogP contribution in [0.15, 0.2) is 24.3 Å². The lowest BCUT2D eigenvalue weighted by Crippen LogP contribution is -2.41. The molecular weight excluding hydrogens is 260 g/mol. The number of nitrogens with one attached hydrogen (secondary N) is 2. The van der Waals surface area contributed by atoms with Crippen molar-refractivity contribution in [3.63, 3.8) is 0 Å². The minimum Gasteiger partial charge on any atom is -0.497 e. The highest BCUT2D eigenvalue weighted by atomic mass is 16.5. The quantitative estimate of drug-likeness (QED) is 0.800. The average Bonchev–Trinajstić information content (AvgIpc) is 2.49. The van der Waals surface area contributed by atoms with Gasteiger partial charge in [0.15, 0.2) is 0 Å². The molecule has 0 aliphatic carbocycles. The summed E-state index contributed by atoms with van der Waals surface area (Å²) in [7, 11) is 1.60. The Morgan fingerprint density at radius 1 is 1.45 bits per heavy atom. The van der Waals surface area contributed by atoms with Gasteiger partial charge in [0.25, 0.3) is 0 Å². The van der Waals surface area contributed by atoms with Crippen molar-refractivity contribution in [1.82, 2.24) is 5.32 Å². The van der Waals surface area contributed by atoms with Gasteiger partial charge in [-0.3, -0.25) is 4.79 Å². The molecule has 1 aliphatic heterocycles. The van der Waals surface area contributed by atoms with Crippen LogP contribution in [0.1, 0.15) is 0 Å². The maximum absolute atomic E-state index is 11.7. The predicted octanol–water partition coefficient (Wildman–Crippen LogP) is 0.639. The van der Waals surface area contributed by atoms with Crippen LogP contribution in [0.5, 0.6) is 5.75 Å². The third-order valence-electron chi connectivity index (χ3n) is 2.92. The third kappa shape index (κ3) is 4.80. The van der Waals surface area contributed by atoms with Gasteiger partial charge in [-0.2, -0.15) is 0 Å². The van der Waals surface area contributed by atoms with Crippen LogP contribution in [0.2, 0.25) is 0 Å². The van der Waals surface area contributed by atoms with Gasteiger partial charge in [0.2, 0.25) is 5.91 Å². The molecule has 1 heterocycles. The van der Waals surface area contributed by atoms with Crippen molar-refractivity contribution in [3.05, 3.63) is 24.3 Å². The van der Waals surface area contributed by atoms with Gasteiger partial charge in [-0.05, 0) is 24.3 Å². The first-order chi connectivity index (χ1) is 9.78. The van der Waals surface area contributed by atoms with E-state index in [4.69, 9.17) is 14.2 Å². The Kier molecular flexibility index (Phi) is 5.79. The monoisotopic (exact) mass is 280 g/mol. The molecule has 0 saturated carbocycles. The maximum Gasteiger partial charge on any atom is 0.250 e. The molecule has 1 saturated heterocycles. The standard InChI is InChI=1S/C14H20N2O4/c1-18-12-4-2-11(3-5-12)16-14(17)10-19-9-13-8-15-6-7-20-13/h2-5,13,15H,6-10H2,1H3,(H,16,17). The Hall–Kier alpha value is -1.63. The Balaban J connectivity index is 1.66. The van der Waals surface area contributed by atoms with E-state index in [2.05, 4.69) is 10.6 Å². The molecule has 0 aromatic heterocycles. The fourth-order valence-electron chi connectivity index (χ4n) is 1.88. The van der Waals surface area contributed by atoms with Gasteiger partial charge in [-0.15, -0.1) is 0 Å². The molecule has 1 atom stereocenters. The largest absolute Gasteiger partial charge is 0.497 e. The molecule has 1 aromatic rings. The SMILES string of the molecule is COc1ccc(NC(=O)COCC2CNCCO2)cc1. The van der Waals surface area contributed by atoms with Gasteiger partial charge in [0.05, 0.1) is 26.4 Å². The second-order valence-electron chi connectivity index (χ2n) is 4.49. The molecule has 6 nitrogen and oxygen atoms in total. The summed E-state index contributed by atoms with van der Waals surface area (Å²) < 4.78 is 15.9. The molecule has 2 N–H and O–H groups in total. The van der Waals surface area contributed by atoms with Crippen molar-refractivity contribution < 1.29 is 19.0 Å². The van der Waals surface area contributed by atoms with E-state index in [9.17, 15) is 4.79 Å². The van der Waals surface area contributed by atoms with Gasteiger partial charge in [0, 0.05) is 18.8 Å². The summed E-state index contributed by atoms with van der Waals surface area (Å²) in [5.74, 6) is 0.570. The van der Waals surface area contributed by atoms with E-state index in [0.29, 0.717) is 13.2 Å². The molecule has 1 amide bonds. The van der Waals surface area contributed by atoms with Crippen molar-refractivity contribution in [2.75, 3.05) is 45.3 Å². The van der Waals surface area contributed by atoms with E-state index >= 15 is 0 Å².